The van der Waals surface area contributed by atoms with Gasteiger partial charge >= 0.3 is 0 Å². The Hall–Kier alpha value is -0.910. The zero-order valence-electron chi connectivity index (χ0n) is 11.0. The smallest absolute Gasteiger partial charge is 0.244 e. The number of hydrogen-bond donors (Lipinski definition) is 2. The molecule has 1 heterocycles. The predicted molar refractivity (Wildman–Crippen MR) is 79.2 cm³/mol. The second kappa shape index (κ2) is 6.50. The molecular formula is C14H19BrN2O2. The fourth-order valence-electron chi connectivity index (χ4n) is 2.33. The molecule has 2 rings (SSSR count). The Balaban J connectivity index is 2.22. The number of halogens is 1. The fourth-order valence-corrected chi connectivity index (χ4v) is 2.60. The van der Waals surface area contributed by atoms with Crippen LogP contribution >= 0.6 is 15.9 Å². The molecule has 19 heavy (non-hydrogen) atoms. The van der Waals surface area contributed by atoms with Crippen LogP contribution in [0.15, 0.2) is 28.7 Å². The van der Waals surface area contributed by atoms with Crippen molar-refractivity contribution in [3.05, 3.63) is 28.7 Å². The van der Waals surface area contributed by atoms with Gasteiger partial charge in [0.2, 0.25) is 5.91 Å². The minimum atomic E-state index is -0.300. The molecule has 1 aromatic rings. The predicted octanol–water partition coefficient (Wildman–Crippen LogP) is 1.91. The summed E-state index contributed by atoms with van der Waals surface area (Å²) < 4.78 is 0.997. The Morgan fingerprint density at radius 1 is 1.42 bits per heavy atom. The molecule has 2 N–H and O–H groups in total. The van der Waals surface area contributed by atoms with Crippen LogP contribution in [-0.2, 0) is 4.79 Å². The quantitative estimate of drug-likeness (QED) is 0.892. The van der Waals surface area contributed by atoms with E-state index in [1.807, 2.05) is 29.2 Å². The van der Waals surface area contributed by atoms with E-state index in [1.165, 1.54) is 0 Å². The highest BCUT2D eigenvalue weighted by Crippen LogP contribution is 2.22. The number of nitrogens with zero attached hydrogens (tertiary/aromatic N) is 1. The summed E-state index contributed by atoms with van der Waals surface area (Å²) in [5.74, 6) is 0.0423. The third-order valence-corrected chi connectivity index (χ3v) is 3.92. The molecule has 1 aliphatic rings. The van der Waals surface area contributed by atoms with Crippen molar-refractivity contribution in [2.24, 2.45) is 0 Å². The zero-order chi connectivity index (χ0) is 13.8. The van der Waals surface area contributed by atoms with Crippen molar-refractivity contribution < 1.29 is 9.90 Å². The van der Waals surface area contributed by atoms with Crippen LogP contribution in [0.2, 0.25) is 0 Å². The number of aliphatic hydroxyl groups is 1. The van der Waals surface area contributed by atoms with Gasteiger partial charge in [0.15, 0.2) is 0 Å². The molecular weight excluding hydrogens is 308 g/mol. The summed E-state index contributed by atoms with van der Waals surface area (Å²) >= 11 is 3.40. The first-order chi connectivity index (χ1) is 9.11. The average molecular weight is 327 g/mol. The van der Waals surface area contributed by atoms with Gasteiger partial charge in [0, 0.05) is 29.4 Å². The maximum Gasteiger partial charge on any atom is 0.244 e. The number of anilines is 1. The normalized spacial score (nSPS) is 24.4. The highest BCUT2D eigenvalue weighted by Gasteiger charge is 2.29. The molecule has 1 fully saturated rings. The maximum absolute atomic E-state index is 12.5. The second-order valence-electron chi connectivity index (χ2n) is 4.89. The third kappa shape index (κ3) is 3.55. The summed E-state index contributed by atoms with van der Waals surface area (Å²) in [5.41, 5.74) is 0.909. The van der Waals surface area contributed by atoms with E-state index >= 15 is 0 Å². The van der Waals surface area contributed by atoms with Crippen molar-refractivity contribution in [3.8, 4) is 0 Å². The SMILES string of the molecule is CC1CCN(c2ccc(Br)cc2)C(=O)C(CCO)N1. The lowest BCUT2D eigenvalue weighted by atomic mass is 10.1. The van der Waals surface area contributed by atoms with Crippen molar-refractivity contribution in [1.82, 2.24) is 5.32 Å². The number of benzene rings is 1. The van der Waals surface area contributed by atoms with Crippen LogP contribution in [-0.4, -0.2) is 36.2 Å². The summed E-state index contributed by atoms with van der Waals surface area (Å²) in [4.78, 5) is 14.3. The second-order valence-corrected chi connectivity index (χ2v) is 5.80. The van der Waals surface area contributed by atoms with Gasteiger partial charge in [-0.2, -0.15) is 0 Å². The minimum Gasteiger partial charge on any atom is -0.396 e. The van der Waals surface area contributed by atoms with Gasteiger partial charge in [0.05, 0.1) is 6.04 Å². The molecule has 104 valence electrons. The van der Waals surface area contributed by atoms with Crippen molar-refractivity contribution in [1.29, 1.82) is 0 Å². The van der Waals surface area contributed by atoms with Crippen molar-refractivity contribution >= 4 is 27.5 Å². The van der Waals surface area contributed by atoms with Gasteiger partial charge < -0.3 is 15.3 Å². The lowest BCUT2D eigenvalue weighted by Crippen LogP contribution is -2.45. The molecule has 0 saturated carbocycles. The number of rotatable bonds is 3. The molecule has 0 spiro atoms. The molecule has 2 unspecified atom stereocenters. The number of amides is 1. The molecule has 1 aromatic carbocycles. The molecule has 2 atom stereocenters. The first kappa shape index (κ1) is 14.5. The van der Waals surface area contributed by atoms with Gasteiger partial charge in [-0.1, -0.05) is 15.9 Å². The number of hydrogen-bond acceptors (Lipinski definition) is 3. The monoisotopic (exact) mass is 326 g/mol. The van der Waals surface area contributed by atoms with E-state index in [4.69, 9.17) is 5.11 Å². The Bertz CT molecular complexity index is 436. The molecule has 0 aliphatic carbocycles. The van der Waals surface area contributed by atoms with Gasteiger partial charge in [-0.05, 0) is 44.0 Å². The minimum absolute atomic E-state index is 0.0182. The first-order valence-corrected chi connectivity index (χ1v) is 7.35. The Labute approximate surface area is 121 Å². The number of aliphatic hydroxyl groups excluding tert-OH is 1. The summed E-state index contributed by atoms with van der Waals surface area (Å²) in [6.45, 7) is 2.80. The average Bonchev–Trinajstić information content (AvgIpc) is 2.52. The Kier molecular flexibility index (Phi) is 4.96. The van der Waals surface area contributed by atoms with Gasteiger partial charge in [-0.15, -0.1) is 0 Å². The van der Waals surface area contributed by atoms with Crippen LogP contribution in [0, 0.1) is 0 Å². The summed E-state index contributed by atoms with van der Waals surface area (Å²) in [7, 11) is 0. The molecule has 1 amide bonds. The van der Waals surface area contributed by atoms with Gasteiger partial charge in [0.1, 0.15) is 0 Å². The Morgan fingerprint density at radius 2 is 2.11 bits per heavy atom. The van der Waals surface area contributed by atoms with Gasteiger partial charge in [-0.25, -0.2) is 0 Å². The first-order valence-electron chi connectivity index (χ1n) is 6.55. The van der Waals surface area contributed by atoms with E-state index in [2.05, 4.69) is 28.2 Å². The van der Waals surface area contributed by atoms with Crippen LogP contribution < -0.4 is 10.2 Å². The van der Waals surface area contributed by atoms with Crippen LogP contribution in [0.4, 0.5) is 5.69 Å². The molecule has 5 heteroatoms. The van der Waals surface area contributed by atoms with Crippen molar-refractivity contribution in [2.45, 2.75) is 31.8 Å². The standard InChI is InChI=1S/C14H19BrN2O2/c1-10-6-8-17(12-4-2-11(15)3-5-12)14(19)13(16-10)7-9-18/h2-5,10,13,16,18H,6-9H2,1H3. The van der Waals surface area contributed by atoms with Crippen molar-refractivity contribution in [3.63, 3.8) is 0 Å². The molecule has 1 aliphatic heterocycles. The van der Waals surface area contributed by atoms with Crippen LogP contribution in [0.3, 0.4) is 0 Å². The lowest BCUT2D eigenvalue weighted by Gasteiger charge is -2.24. The highest BCUT2D eigenvalue weighted by molar-refractivity contribution is 9.10. The van der Waals surface area contributed by atoms with E-state index < -0.39 is 0 Å². The van der Waals surface area contributed by atoms with Crippen LogP contribution in [0.5, 0.6) is 0 Å². The lowest BCUT2D eigenvalue weighted by molar-refractivity contribution is -0.120. The molecule has 0 radical (unpaired) electrons. The van der Waals surface area contributed by atoms with E-state index in [9.17, 15) is 4.79 Å². The summed E-state index contributed by atoms with van der Waals surface area (Å²) in [5, 5.41) is 12.4. The molecule has 1 saturated heterocycles. The van der Waals surface area contributed by atoms with Gasteiger partial charge in [-0.3, -0.25) is 4.79 Å². The van der Waals surface area contributed by atoms with E-state index in [-0.39, 0.29) is 24.6 Å². The maximum atomic E-state index is 12.5. The fraction of sp³-hybridized carbons (Fsp3) is 0.500. The van der Waals surface area contributed by atoms with E-state index in [0.29, 0.717) is 13.0 Å². The third-order valence-electron chi connectivity index (χ3n) is 3.39. The van der Waals surface area contributed by atoms with Crippen molar-refractivity contribution in [2.75, 3.05) is 18.1 Å². The zero-order valence-corrected chi connectivity index (χ0v) is 12.6. The molecule has 4 nitrogen and oxygen atoms in total. The largest absolute Gasteiger partial charge is 0.396 e. The number of carbonyl (C=O) groups excluding carboxylic acids is 1. The molecule has 0 aromatic heterocycles. The molecule has 0 bridgehead atoms. The van der Waals surface area contributed by atoms with Gasteiger partial charge in [0.25, 0.3) is 0 Å². The topological polar surface area (TPSA) is 52.6 Å². The Morgan fingerprint density at radius 3 is 2.74 bits per heavy atom. The van der Waals surface area contributed by atoms with Crippen LogP contribution in [0.25, 0.3) is 0 Å². The summed E-state index contributed by atoms with van der Waals surface area (Å²) in [6, 6.07) is 7.73. The van der Waals surface area contributed by atoms with Crippen LogP contribution in [0.1, 0.15) is 19.8 Å². The number of nitrogens with one attached hydrogen (secondary N) is 1. The summed E-state index contributed by atoms with van der Waals surface area (Å²) in [6.07, 6.45) is 1.36. The van der Waals surface area contributed by atoms with E-state index in [1.54, 1.807) is 0 Å². The van der Waals surface area contributed by atoms with E-state index in [0.717, 1.165) is 16.6 Å². The highest BCUT2D eigenvalue weighted by atomic mass is 79.9. The number of carbonyl (C=O) groups is 1.